The molecule has 0 unspecified atom stereocenters. The highest BCUT2D eigenvalue weighted by Crippen LogP contribution is 2.44. The van der Waals surface area contributed by atoms with Crippen molar-refractivity contribution in [2.75, 3.05) is 24.7 Å². The van der Waals surface area contributed by atoms with Crippen LogP contribution in [0.4, 0.5) is 5.69 Å². The number of aromatic hydroxyl groups is 1. The van der Waals surface area contributed by atoms with Gasteiger partial charge in [-0.3, -0.25) is 14.5 Å². The maximum absolute atomic E-state index is 13.5. The number of nitrogens with zero attached hydrogens (tertiary/aromatic N) is 1. The molecule has 0 aliphatic carbocycles. The van der Waals surface area contributed by atoms with Crippen molar-refractivity contribution in [2.24, 2.45) is 0 Å². The van der Waals surface area contributed by atoms with E-state index >= 15 is 0 Å². The first kappa shape index (κ1) is 25.8. The summed E-state index contributed by atoms with van der Waals surface area (Å²) in [7, 11) is 0. The van der Waals surface area contributed by atoms with E-state index in [1.807, 2.05) is 71.0 Å². The highest BCUT2D eigenvalue weighted by atomic mass is 32.2. The maximum Gasteiger partial charge on any atom is 0.326 e. The van der Waals surface area contributed by atoms with Crippen molar-refractivity contribution in [3.63, 3.8) is 0 Å². The Bertz CT molecular complexity index is 1130. The molecule has 0 spiro atoms. The van der Waals surface area contributed by atoms with E-state index in [-0.39, 0.29) is 36.8 Å². The number of esters is 1. The second-order valence-electron chi connectivity index (χ2n) is 10.0. The van der Waals surface area contributed by atoms with Crippen molar-refractivity contribution >= 4 is 35.4 Å². The van der Waals surface area contributed by atoms with Gasteiger partial charge in [-0.15, -0.1) is 0 Å². The number of rotatable bonds is 6. The second kappa shape index (κ2) is 9.84. The molecule has 7 heteroatoms. The van der Waals surface area contributed by atoms with Crippen molar-refractivity contribution in [3.05, 3.63) is 58.0 Å². The number of hydrogen-bond acceptors (Lipinski definition) is 6. The van der Waals surface area contributed by atoms with E-state index in [1.165, 1.54) is 16.7 Å². The predicted octanol–water partition coefficient (Wildman–Crippen LogP) is 5.00. The number of anilines is 1. The molecule has 1 amide bonds. The average Bonchev–Trinajstić information content (AvgIpc) is 2.76. The third-order valence-electron chi connectivity index (χ3n) is 5.79. The molecule has 0 saturated heterocycles. The summed E-state index contributed by atoms with van der Waals surface area (Å²) in [6.07, 6.45) is 1.78. The number of carbonyl (C=O) groups excluding carboxylic acids is 2. The first-order chi connectivity index (χ1) is 15.9. The van der Waals surface area contributed by atoms with Gasteiger partial charge in [-0.25, -0.2) is 0 Å². The molecule has 6 nitrogen and oxygen atoms in total. The van der Waals surface area contributed by atoms with E-state index in [9.17, 15) is 19.8 Å². The topological polar surface area (TPSA) is 87.1 Å². The quantitative estimate of drug-likeness (QED) is 0.444. The summed E-state index contributed by atoms with van der Waals surface area (Å²) in [5, 5.41) is 21.0. The monoisotopic (exact) mass is 483 g/mol. The normalized spacial score (nSPS) is 15.4. The van der Waals surface area contributed by atoms with Crippen LogP contribution in [0.3, 0.4) is 0 Å². The van der Waals surface area contributed by atoms with E-state index in [4.69, 9.17) is 4.74 Å². The number of carbonyl (C=O) groups is 2. The van der Waals surface area contributed by atoms with Gasteiger partial charge >= 0.3 is 5.97 Å². The van der Waals surface area contributed by atoms with Gasteiger partial charge in [0, 0.05) is 21.4 Å². The third-order valence-corrected chi connectivity index (χ3v) is 6.86. The van der Waals surface area contributed by atoms with Gasteiger partial charge in [0.2, 0.25) is 0 Å². The molecule has 0 radical (unpaired) electrons. The number of para-hydroxylation sites is 1. The molecule has 3 rings (SSSR count). The number of aliphatic hydroxyl groups is 1. The van der Waals surface area contributed by atoms with Gasteiger partial charge < -0.3 is 14.9 Å². The molecule has 182 valence electrons. The molecule has 1 aliphatic rings. The SMILES string of the molecule is CCOC(=O)CN1C(=O)C(=Cc2cc(C(C)(C)C)c(O)c(C(C)(C)CO)c2)Sc2ccccc21. The van der Waals surface area contributed by atoms with Crippen molar-refractivity contribution in [3.8, 4) is 5.75 Å². The van der Waals surface area contributed by atoms with Crippen LogP contribution in [0.5, 0.6) is 5.75 Å². The van der Waals surface area contributed by atoms with Crippen molar-refractivity contribution in [1.82, 2.24) is 0 Å². The van der Waals surface area contributed by atoms with Crippen LogP contribution in [-0.2, 0) is 25.2 Å². The van der Waals surface area contributed by atoms with Gasteiger partial charge in [-0.05, 0) is 48.2 Å². The Hall–Kier alpha value is -2.77. The number of phenols is 1. The lowest BCUT2D eigenvalue weighted by Gasteiger charge is -2.30. The molecule has 0 bridgehead atoms. The van der Waals surface area contributed by atoms with Crippen LogP contribution in [0.2, 0.25) is 0 Å². The van der Waals surface area contributed by atoms with Gasteiger partial charge in [-0.1, -0.05) is 58.5 Å². The van der Waals surface area contributed by atoms with Gasteiger partial charge in [0.05, 0.1) is 23.8 Å². The maximum atomic E-state index is 13.5. The number of fused-ring (bicyclic) bond motifs is 1. The number of phenolic OH excluding ortho intramolecular Hbond substituents is 1. The summed E-state index contributed by atoms with van der Waals surface area (Å²) >= 11 is 1.35. The van der Waals surface area contributed by atoms with E-state index in [0.717, 1.165) is 16.0 Å². The van der Waals surface area contributed by atoms with Crippen LogP contribution < -0.4 is 4.90 Å². The Morgan fingerprint density at radius 1 is 1.12 bits per heavy atom. The fourth-order valence-electron chi connectivity index (χ4n) is 3.82. The van der Waals surface area contributed by atoms with Gasteiger partial charge in [0.15, 0.2) is 0 Å². The molecular weight excluding hydrogens is 450 g/mol. The Morgan fingerprint density at radius 2 is 1.76 bits per heavy atom. The minimum Gasteiger partial charge on any atom is -0.507 e. The number of benzene rings is 2. The smallest absolute Gasteiger partial charge is 0.326 e. The molecule has 0 saturated carbocycles. The summed E-state index contributed by atoms with van der Waals surface area (Å²) < 4.78 is 5.08. The van der Waals surface area contributed by atoms with E-state index < -0.39 is 11.4 Å². The highest BCUT2D eigenvalue weighted by Gasteiger charge is 2.32. The molecule has 2 aromatic rings. The zero-order chi connectivity index (χ0) is 25.3. The molecule has 0 atom stereocenters. The molecule has 34 heavy (non-hydrogen) atoms. The summed E-state index contributed by atoms with van der Waals surface area (Å²) in [5.41, 5.74) is 1.73. The van der Waals surface area contributed by atoms with Gasteiger partial charge in [-0.2, -0.15) is 0 Å². The summed E-state index contributed by atoms with van der Waals surface area (Å²) in [5.74, 6) is -0.598. The van der Waals surface area contributed by atoms with E-state index in [1.54, 1.807) is 13.0 Å². The lowest BCUT2D eigenvalue weighted by molar-refractivity contribution is -0.142. The minimum absolute atomic E-state index is 0.140. The van der Waals surface area contributed by atoms with Crippen molar-refractivity contribution in [2.45, 2.75) is 57.3 Å². The average molecular weight is 484 g/mol. The third kappa shape index (κ3) is 5.31. The zero-order valence-electron chi connectivity index (χ0n) is 20.6. The number of hydrogen-bond donors (Lipinski definition) is 2. The standard InChI is InChI=1S/C27H33NO5S/c1-7-33-23(30)15-28-20-10-8-9-11-21(20)34-22(25(28)32)14-17-12-18(26(2,3)4)24(31)19(13-17)27(5,6)16-29/h8-14,29,31H,7,15-16H2,1-6H3. The second-order valence-corrected chi connectivity index (χ2v) is 11.1. The lowest BCUT2D eigenvalue weighted by Crippen LogP contribution is -2.39. The molecule has 1 heterocycles. The fourth-order valence-corrected chi connectivity index (χ4v) is 4.88. The van der Waals surface area contributed by atoms with Gasteiger partial charge in [0.1, 0.15) is 12.3 Å². The molecular formula is C27H33NO5S. The van der Waals surface area contributed by atoms with Crippen LogP contribution >= 0.6 is 11.8 Å². The Balaban J connectivity index is 2.14. The van der Waals surface area contributed by atoms with E-state index in [2.05, 4.69) is 0 Å². The molecule has 2 aromatic carbocycles. The first-order valence-electron chi connectivity index (χ1n) is 11.3. The number of thioether (sulfide) groups is 1. The van der Waals surface area contributed by atoms with Crippen LogP contribution in [0.25, 0.3) is 6.08 Å². The van der Waals surface area contributed by atoms with Crippen LogP contribution in [0.1, 0.15) is 58.2 Å². The van der Waals surface area contributed by atoms with Crippen molar-refractivity contribution < 1.29 is 24.5 Å². The highest BCUT2D eigenvalue weighted by molar-refractivity contribution is 8.04. The summed E-state index contributed by atoms with van der Waals surface area (Å²) in [6, 6.07) is 11.1. The Kier molecular flexibility index (Phi) is 7.48. The van der Waals surface area contributed by atoms with Crippen LogP contribution in [0.15, 0.2) is 46.2 Å². The number of aliphatic hydroxyl groups excluding tert-OH is 1. The number of amides is 1. The Labute approximate surface area is 205 Å². The van der Waals surface area contributed by atoms with Crippen LogP contribution in [0, 0.1) is 0 Å². The first-order valence-corrected chi connectivity index (χ1v) is 12.2. The predicted molar refractivity (Wildman–Crippen MR) is 136 cm³/mol. The van der Waals surface area contributed by atoms with Crippen molar-refractivity contribution in [1.29, 1.82) is 0 Å². The molecule has 2 N–H and O–H groups in total. The fraction of sp³-hybridized carbons (Fsp3) is 0.407. The van der Waals surface area contributed by atoms with E-state index in [0.29, 0.717) is 16.2 Å². The van der Waals surface area contributed by atoms with Crippen LogP contribution in [-0.4, -0.2) is 41.8 Å². The van der Waals surface area contributed by atoms with Gasteiger partial charge in [0.25, 0.3) is 5.91 Å². The summed E-state index contributed by atoms with van der Waals surface area (Å²) in [6.45, 7) is 11.4. The largest absolute Gasteiger partial charge is 0.507 e. The molecule has 0 fully saturated rings. The number of ether oxygens (including phenoxy) is 1. The zero-order valence-corrected chi connectivity index (χ0v) is 21.5. The molecule has 0 aromatic heterocycles. The summed E-state index contributed by atoms with van der Waals surface area (Å²) in [4.78, 5) is 28.4. The minimum atomic E-state index is -0.676. The molecule has 1 aliphatic heterocycles. The Morgan fingerprint density at radius 3 is 2.38 bits per heavy atom. The lowest BCUT2D eigenvalue weighted by atomic mass is 9.78.